The highest BCUT2D eigenvalue weighted by Gasteiger charge is 2.32. The molecule has 1 saturated heterocycles. The predicted molar refractivity (Wildman–Crippen MR) is 136 cm³/mol. The van der Waals surface area contributed by atoms with Gasteiger partial charge in [-0.05, 0) is 91.2 Å². The summed E-state index contributed by atoms with van der Waals surface area (Å²) in [5, 5.41) is 0. The van der Waals surface area contributed by atoms with Crippen LogP contribution in [0.3, 0.4) is 0 Å². The number of hydrogen-bond acceptors (Lipinski definition) is 5. The van der Waals surface area contributed by atoms with E-state index in [2.05, 4.69) is 41.3 Å². The molecule has 1 N–H and O–H groups in total. The number of nitrogens with zero attached hydrogens (tertiary/aromatic N) is 1. The van der Waals surface area contributed by atoms with Gasteiger partial charge in [0, 0.05) is 12.5 Å². The minimum atomic E-state index is -4.56. The van der Waals surface area contributed by atoms with Gasteiger partial charge in [0.25, 0.3) is 0 Å². The lowest BCUT2D eigenvalue weighted by atomic mass is 9.69. The van der Waals surface area contributed by atoms with E-state index in [0.29, 0.717) is 12.5 Å². The lowest BCUT2D eigenvalue weighted by Crippen LogP contribution is -2.25. The second kappa shape index (κ2) is 10.4. The zero-order valence-electron chi connectivity index (χ0n) is 19.7. The predicted octanol–water partition coefficient (Wildman–Crippen LogP) is 5.20. The van der Waals surface area contributed by atoms with Crippen molar-refractivity contribution < 1.29 is 21.9 Å². The van der Waals surface area contributed by atoms with E-state index in [-0.39, 0.29) is 11.7 Å². The highest BCUT2D eigenvalue weighted by molar-refractivity contribution is 7.81. The van der Waals surface area contributed by atoms with Crippen LogP contribution >= 0.6 is 0 Å². The fourth-order valence-electron chi connectivity index (χ4n) is 5.51. The molecule has 184 valence electrons. The van der Waals surface area contributed by atoms with Gasteiger partial charge in [0.05, 0.1) is 0 Å². The summed E-state index contributed by atoms with van der Waals surface area (Å²) in [7, 11) is -4.56. The normalized spacial score (nSPS) is 20.4. The Balaban J connectivity index is 1.40. The van der Waals surface area contributed by atoms with Gasteiger partial charge in [0.1, 0.15) is 18.1 Å². The van der Waals surface area contributed by atoms with Crippen molar-refractivity contribution in [2.45, 2.75) is 37.5 Å². The first-order valence-electron chi connectivity index (χ1n) is 12.3. The average Bonchev–Trinajstić information content (AvgIpc) is 3.37. The number of likely N-dealkylation sites (tertiary alicyclic amines) is 1. The molecular weight excluding hydrogens is 462 g/mol. The van der Waals surface area contributed by atoms with Crippen LogP contribution in [-0.4, -0.2) is 44.1 Å². The molecule has 35 heavy (non-hydrogen) atoms. The Labute approximate surface area is 207 Å². The Bertz CT molecular complexity index is 1240. The van der Waals surface area contributed by atoms with Crippen molar-refractivity contribution in [3.8, 4) is 11.5 Å². The summed E-state index contributed by atoms with van der Waals surface area (Å²) in [6, 6.07) is 24.2. The van der Waals surface area contributed by atoms with Crippen LogP contribution in [0.4, 0.5) is 0 Å². The molecule has 0 amide bonds. The smallest absolute Gasteiger partial charge is 0.446 e. The standard InChI is InChI=1S/C28H31NO5S/c30-35(31,32)34-25-13-15-27-23(20-25)10-14-26(21-6-2-1-3-7-21)28(27)22-8-11-24(12-9-22)33-19-18-29-16-4-5-17-29/h1-3,6-9,11-13,15,20,26,28H,4-5,10,14,16-19H2,(H,30,31,32). The van der Waals surface area contributed by atoms with E-state index in [4.69, 9.17) is 13.5 Å². The van der Waals surface area contributed by atoms with Crippen molar-refractivity contribution in [3.63, 3.8) is 0 Å². The largest absolute Gasteiger partial charge is 0.492 e. The first kappa shape index (κ1) is 23.9. The van der Waals surface area contributed by atoms with Gasteiger partial charge in [-0.15, -0.1) is 0 Å². The number of ether oxygens (including phenoxy) is 1. The molecule has 0 radical (unpaired) electrons. The zero-order valence-corrected chi connectivity index (χ0v) is 20.5. The molecule has 0 spiro atoms. The van der Waals surface area contributed by atoms with Crippen molar-refractivity contribution in [2.75, 3.05) is 26.2 Å². The summed E-state index contributed by atoms with van der Waals surface area (Å²) >= 11 is 0. The summed E-state index contributed by atoms with van der Waals surface area (Å²) < 4.78 is 42.2. The molecule has 0 aromatic heterocycles. The Kier molecular flexibility index (Phi) is 7.09. The fraction of sp³-hybridized carbons (Fsp3) is 0.357. The highest BCUT2D eigenvalue weighted by Crippen LogP contribution is 2.47. The third-order valence-corrected chi connectivity index (χ3v) is 7.52. The zero-order chi connectivity index (χ0) is 24.3. The van der Waals surface area contributed by atoms with Gasteiger partial charge in [-0.2, -0.15) is 8.42 Å². The Morgan fingerprint density at radius 1 is 0.886 bits per heavy atom. The third kappa shape index (κ3) is 5.86. The van der Waals surface area contributed by atoms with E-state index < -0.39 is 10.4 Å². The maximum Gasteiger partial charge on any atom is 0.446 e. The van der Waals surface area contributed by atoms with E-state index in [0.717, 1.165) is 36.3 Å². The molecule has 7 heteroatoms. The van der Waals surface area contributed by atoms with Crippen molar-refractivity contribution >= 4 is 10.4 Å². The molecule has 1 fully saturated rings. The molecule has 2 atom stereocenters. The molecule has 2 unspecified atom stereocenters. The molecule has 0 saturated carbocycles. The minimum Gasteiger partial charge on any atom is -0.492 e. The molecule has 3 aromatic carbocycles. The van der Waals surface area contributed by atoms with Gasteiger partial charge in [-0.25, -0.2) is 0 Å². The van der Waals surface area contributed by atoms with Gasteiger partial charge in [0.2, 0.25) is 0 Å². The summed E-state index contributed by atoms with van der Waals surface area (Å²) in [5.74, 6) is 1.40. The Morgan fingerprint density at radius 2 is 1.60 bits per heavy atom. The minimum absolute atomic E-state index is 0.111. The van der Waals surface area contributed by atoms with Crippen molar-refractivity contribution in [2.24, 2.45) is 0 Å². The van der Waals surface area contributed by atoms with Crippen LogP contribution in [0, 0.1) is 0 Å². The maximum absolute atomic E-state index is 11.2. The van der Waals surface area contributed by atoms with Crippen molar-refractivity contribution in [3.05, 3.63) is 95.1 Å². The number of rotatable bonds is 8. The van der Waals surface area contributed by atoms with Gasteiger partial charge in [-0.1, -0.05) is 48.5 Å². The maximum atomic E-state index is 11.2. The molecular formula is C28H31NO5S. The van der Waals surface area contributed by atoms with Crippen LogP contribution in [0.5, 0.6) is 11.5 Å². The van der Waals surface area contributed by atoms with Crippen molar-refractivity contribution in [1.29, 1.82) is 0 Å². The van der Waals surface area contributed by atoms with E-state index in [9.17, 15) is 8.42 Å². The lowest BCUT2D eigenvalue weighted by Gasteiger charge is -2.35. The molecule has 1 heterocycles. The number of hydrogen-bond donors (Lipinski definition) is 1. The Morgan fingerprint density at radius 3 is 2.31 bits per heavy atom. The summed E-state index contributed by atoms with van der Waals surface area (Å²) in [6.07, 6.45) is 4.28. The quantitative estimate of drug-likeness (QED) is 0.435. The van der Waals surface area contributed by atoms with Gasteiger partial charge in [-0.3, -0.25) is 9.45 Å². The van der Waals surface area contributed by atoms with E-state index in [1.807, 2.05) is 24.3 Å². The van der Waals surface area contributed by atoms with E-state index in [1.54, 1.807) is 12.1 Å². The van der Waals surface area contributed by atoms with E-state index >= 15 is 0 Å². The molecule has 3 aromatic rings. The van der Waals surface area contributed by atoms with Crippen LogP contribution in [0.25, 0.3) is 0 Å². The molecule has 1 aliphatic carbocycles. The monoisotopic (exact) mass is 493 g/mol. The van der Waals surface area contributed by atoms with Crippen LogP contribution in [-0.2, 0) is 16.8 Å². The fourth-order valence-corrected chi connectivity index (χ4v) is 5.86. The Hall–Kier alpha value is -2.87. The third-order valence-electron chi connectivity index (χ3n) is 7.12. The van der Waals surface area contributed by atoms with Crippen LogP contribution in [0.15, 0.2) is 72.8 Å². The van der Waals surface area contributed by atoms with E-state index in [1.165, 1.54) is 37.1 Å². The number of aryl methyl sites for hydroxylation is 1. The number of fused-ring (bicyclic) bond motifs is 1. The first-order valence-corrected chi connectivity index (χ1v) is 13.6. The summed E-state index contributed by atoms with van der Waals surface area (Å²) in [5.41, 5.74) is 4.66. The molecule has 2 aliphatic rings. The lowest BCUT2D eigenvalue weighted by molar-refractivity contribution is 0.237. The highest BCUT2D eigenvalue weighted by atomic mass is 32.3. The summed E-state index contributed by atoms with van der Waals surface area (Å²) in [4.78, 5) is 2.44. The average molecular weight is 494 g/mol. The molecule has 0 bridgehead atoms. The van der Waals surface area contributed by atoms with Crippen LogP contribution in [0.2, 0.25) is 0 Å². The van der Waals surface area contributed by atoms with Crippen LogP contribution in [0.1, 0.15) is 53.4 Å². The van der Waals surface area contributed by atoms with Gasteiger partial charge in [0.15, 0.2) is 0 Å². The summed E-state index contributed by atoms with van der Waals surface area (Å²) in [6.45, 7) is 3.99. The van der Waals surface area contributed by atoms with Crippen LogP contribution < -0.4 is 8.92 Å². The van der Waals surface area contributed by atoms with Gasteiger partial charge >= 0.3 is 10.4 Å². The van der Waals surface area contributed by atoms with Gasteiger partial charge < -0.3 is 8.92 Å². The SMILES string of the molecule is O=S(=O)(O)Oc1ccc2c(c1)CCC(c1ccccc1)C2c1ccc(OCCN2CCCC2)cc1. The molecule has 1 aliphatic heterocycles. The topological polar surface area (TPSA) is 76.1 Å². The second-order valence-electron chi connectivity index (χ2n) is 9.37. The second-order valence-corrected chi connectivity index (χ2v) is 10.4. The number of benzene rings is 3. The first-order chi connectivity index (χ1) is 17.0. The molecule has 6 nitrogen and oxygen atoms in total. The molecule has 5 rings (SSSR count). The van der Waals surface area contributed by atoms with Crippen molar-refractivity contribution in [1.82, 2.24) is 4.90 Å².